The highest BCUT2D eigenvalue weighted by atomic mass is 32.2. The molecule has 1 saturated heterocycles. The third kappa shape index (κ3) is 4.23. The van der Waals surface area contributed by atoms with E-state index in [1.807, 2.05) is 43.3 Å². The molecule has 1 aliphatic rings. The van der Waals surface area contributed by atoms with E-state index in [4.69, 9.17) is 4.74 Å². The van der Waals surface area contributed by atoms with E-state index >= 15 is 0 Å². The lowest BCUT2D eigenvalue weighted by Gasteiger charge is -2.13. The fourth-order valence-corrected chi connectivity index (χ4v) is 3.60. The zero-order chi connectivity index (χ0) is 19.4. The summed E-state index contributed by atoms with van der Waals surface area (Å²) in [6, 6.07) is 12.7. The van der Waals surface area contributed by atoms with Gasteiger partial charge in [0.2, 0.25) is 0 Å². The summed E-state index contributed by atoms with van der Waals surface area (Å²) in [6.07, 6.45) is 3.46. The van der Waals surface area contributed by atoms with Crippen molar-refractivity contribution in [1.29, 1.82) is 0 Å². The lowest BCUT2D eigenvalue weighted by Crippen LogP contribution is -2.29. The van der Waals surface area contributed by atoms with Crippen LogP contribution in [0.4, 0.5) is 5.69 Å². The van der Waals surface area contributed by atoms with Crippen molar-refractivity contribution in [3.63, 3.8) is 0 Å². The van der Waals surface area contributed by atoms with Crippen molar-refractivity contribution >= 4 is 34.6 Å². The fourth-order valence-electron chi connectivity index (χ4n) is 2.60. The van der Waals surface area contributed by atoms with Crippen molar-refractivity contribution in [1.82, 2.24) is 4.90 Å². The first-order chi connectivity index (χ1) is 13.0. The number of hydrogen-bond acceptors (Lipinski definition) is 5. The molecule has 6 heteroatoms. The van der Waals surface area contributed by atoms with E-state index in [0.717, 1.165) is 16.9 Å². The lowest BCUT2D eigenvalue weighted by molar-refractivity contribution is -0.121. The number of hydrogen-bond donors (Lipinski definition) is 1. The minimum Gasteiger partial charge on any atom is -0.506 e. The third-order valence-corrected chi connectivity index (χ3v) is 4.94. The molecule has 2 aromatic carbocycles. The van der Waals surface area contributed by atoms with Crippen molar-refractivity contribution in [2.75, 3.05) is 13.7 Å². The number of nitrogens with zero attached hydrogens (tertiary/aromatic N) is 2. The second-order valence-electron chi connectivity index (χ2n) is 5.98. The molecule has 1 fully saturated rings. The SMILES string of the molecule is C=CCN1C(=O)/C(=C/c2cccc(OC)c2)SC1=Nc1ccc(C)cc1O. The number of aromatic hydroxyl groups is 1. The topological polar surface area (TPSA) is 62.1 Å². The minimum absolute atomic E-state index is 0.0827. The van der Waals surface area contributed by atoms with Gasteiger partial charge < -0.3 is 9.84 Å². The molecule has 2 aromatic rings. The van der Waals surface area contributed by atoms with Crippen LogP contribution in [-0.4, -0.2) is 34.7 Å². The van der Waals surface area contributed by atoms with Gasteiger partial charge in [-0.15, -0.1) is 6.58 Å². The normalized spacial score (nSPS) is 17.0. The van der Waals surface area contributed by atoms with E-state index in [-0.39, 0.29) is 11.7 Å². The van der Waals surface area contributed by atoms with Crippen molar-refractivity contribution < 1.29 is 14.6 Å². The smallest absolute Gasteiger partial charge is 0.267 e. The van der Waals surface area contributed by atoms with E-state index < -0.39 is 0 Å². The Kier molecular flexibility index (Phi) is 5.66. The molecule has 0 aromatic heterocycles. The summed E-state index contributed by atoms with van der Waals surface area (Å²) in [5, 5.41) is 10.6. The predicted molar refractivity (Wildman–Crippen MR) is 110 cm³/mol. The zero-order valence-electron chi connectivity index (χ0n) is 15.2. The quantitative estimate of drug-likeness (QED) is 0.613. The lowest BCUT2D eigenvalue weighted by atomic mass is 10.2. The summed E-state index contributed by atoms with van der Waals surface area (Å²) in [5.74, 6) is 0.661. The van der Waals surface area contributed by atoms with E-state index in [0.29, 0.717) is 22.3 Å². The number of phenols is 1. The van der Waals surface area contributed by atoms with Gasteiger partial charge in [-0.05, 0) is 60.2 Å². The molecule has 0 atom stereocenters. The monoisotopic (exact) mass is 380 g/mol. The van der Waals surface area contributed by atoms with Crippen LogP contribution < -0.4 is 4.74 Å². The Labute approximate surface area is 162 Å². The van der Waals surface area contributed by atoms with E-state index in [9.17, 15) is 9.90 Å². The average molecular weight is 380 g/mol. The molecule has 1 aliphatic heterocycles. The molecule has 1 amide bonds. The molecule has 1 N–H and O–H groups in total. The molecule has 0 spiro atoms. The second-order valence-corrected chi connectivity index (χ2v) is 6.99. The minimum atomic E-state index is -0.145. The molecule has 0 radical (unpaired) electrons. The number of amidine groups is 1. The number of rotatable bonds is 5. The number of aliphatic imine (C=N–C) groups is 1. The van der Waals surface area contributed by atoms with E-state index in [1.165, 1.54) is 11.8 Å². The molecule has 1 heterocycles. The maximum atomic E-state index is 12.8. The predicted octanol–water partition coefficient (Wildman–Crippen LogP) is 4.50. The standard InChI is InChI=1S/C21H20N2O3S/c1-4-10-23-20(25)19(13-15-6-5-7-16(12-15)26-3)27-21(23)22-17-9-8-14(2)11-18(17)24/h4-9,11-13,24H,1,10H2,2-3H3/b19-13-,22-21?. The highest BCUT2D eigenvalue weighted by Gasteiger charge is 2.32. The van der Waals surface area contributed by atoms with Gasteiger partial charge >= 0.3 is 0 Å². The van der Waals surface area contributed by atoms with Crippen LogP contribution in [0.5, 0.6) is 11.5 Å². The number of ether oxygens (including phenoxy) is 1. The average Bonchev–Trinajstić information content (AvgIpc) is 2.93. The largest absolute Gasteiger partial charge is 0.506 e. The Morgan fingerprint density at radius 2 is 2.11 bits per heavy atom. The van der Waals surface area contributed by atoms with Crippen molar-refractivity contribution in [3.8, 4) is 11.5 Å². The molecule has 0 aliphatic carbocycles. The number of thioether (sulfide) groups is 1. The highest BCUT2D eigenvalue weighted by molar-refractivity contribution is 8.18. The number of aryl methyl sites for hydroxylation is 1. The van der Waals surface area contributed by atoms with Crippen LogP contribution in [-0.2, 0) is 4.79 Å². The maximum absolute atomic E-state index is 12.8. The molecule has 5 nitrogen and oxygen atoms in total. The van der Waals surface area contributed by atoms with Crippen LogP contribution in [0, 0.1) is 6.92 Å². The maximum Gasteiger partial charge on any atom is 0.267 e. The number of carbonyl (C=O) groups is 1. The first kappa shape index (κ1) is 18.8. The van der Waals surface area contributed by atoms with Crippen LogP contribution in [0.15, 0.2) is 65.0 Å². The van der Waals surface area contributed by atoms with Gasteiger partial charge in [-0.3, -0.25) is 9.69 Å². The molecule has 0 saturated carbocycles. The van der Waals surface area contributed by atoms with Gasteiger partial charge in [0, 0.05) is 6.54 Å². The van der Waals surface area contributed by atoms with Gasteiger partial charge in [-0.2, -0.15) is 0 Å². The number of amides is 1. The summed E-state index contributed by atoms with van der Waals surface area (Å²) >= 11 is 1.27. The van der Waals surface area contributed by atoms with Gasteiger partial charge in [0.15, 0.2) is 5.17 Å². The number of carbonyl (C=O) groups excluding carboxylic acids is 1. The van der Waals surface area contributed by atoms with Gasteiger partial charge in [0.1, 0.15) is 17.2 Å². The summed E-state index contributed by atoms with van der Waals surface area (Å²) < 4.78 is 5.23. The van der Waals surface area contributed by atoms with Crippen molar-refractivity contribution in [3.05, 3.63) is 71.2 Å². The summed E-state index contributed by atoms with van der Waals surface area (Å²) in [4.78, 5) is 19.4. The molecular formula is C21H20N2O3S. The molecule has 0 unspecified atom stereocenters. The molecule has 0 bridgehead atoms. The fraction of sp³-hybridized carbons (Fsp3) is 0.143. The van der Waals surface area contributed by atoms with E-state index in [1.54, 1.807) is 30.2 Å². The van der Waals surface area contributed by atoms with Gasteiger partial charge in [0.25, 0.3) is 5.91 Å². The molecular weight excluding hydrogens is 360 g/mol. The van der Waals surface area contributed by atoms with E-state index in [2.05, 4.69) is 11.6 Å². The highest BCUT2D eigenvalue weighted by Crippen LogP contribution is 2.36. The molecule has 138 valence electrons. The third-order valence-electron chi connectivity index (χ3n) is 3.94. The Morgan fingerprint density at radius 3 is 2.81 bits per heavy atom. The van der Waals surface area contributed by atoms with Crippen LogP contribution >= 0.6 is 11.8 Å². The second kappa shape index (κ2) is 8.14. The number of benzene rings is 2. The summed E-state index contributed by atoms with van der Waals surface area (Å²) in [5.41, 5.74) is 2.23. The Hall–Kier alpha value is -2.99. The van der Waals surface area contributed by atoms with Crippen LogP contribution in [0.1, 0.15) is 11.1 Å². The first-order valence-corrected chi connectivity index (χ1v) is 9.18. The molecule has 27 heavy (non-hydrogen) atoms. The van der Waals surface area contributed by atoms with Crippen molar-refractivity contribution in [2.45, 2.75) is 6.92 Å². The summed E-state index contributed by atoms with van der Waals surface area (Å²) in [6.45, 7) is 5.95. The number of methoxy groups -OCH3 is 1. The van der Waals surface area contributed by atoms with Crippen LogP contribution in [0.25, 0.3) is 6.08 Å². The summed E-state index contributed by atoms with van der Waals surface area (Å²) in [7, 11) is 1.60. The van der Waals surface area contributed by atoms with Gasteiger partial charge in [-0.1, -0.05) is 24.3 Å². The molecule has 3 rings (SSSR count). The Bertz CT molecular complexity index is 950. The van der Waals surface area contributed by atoms with Crippen LogP contribution in [0.3, 0.4) is 0 Å². The Balaban J connectivity index is 1.97. The van der Waals surface area contributed by atoms with Crippen molar-refractivity contribution in [2.24, 2.45) is 4.99 Å². The Morgan fingerprint density at radius 1 is 1.30 bits per heavy atom. The number of phenolic OH excluding ortho intramolecular Hbond substituents is 1. The van der Waals surface area contributed by atoms with Gasteiger partial charge in [0.05, 0.1) is 12.0 Å². The van der Waals surface area contributed by atoms with Crippen LogP contribution in [0.2, 0.25) is 0 Å². The van der Waals surface area contributed by atoms with Gasteiger partial charge in [-0.25, -0.2) is 4.99 Å². The first-order valence-electron chi connectivity index (χ1n) is 8.36. The zero-order valence-corrected chi connectivity index (χ0v) is 16.0.